The van der Waals surface area contributed by atoms with Crippen LogP contribution in [0, 0.1) is 40.4 Å². The van der Waals surface area contributed by atoms with Gasteiger partial charge in [-0.05, 0) is 92.8 Å². The molecule has 3 fully saturated rings. The van der Waals surface area contributed by atoms with E-state index in [1.54, 1.807) is 0 Å². The molecule has 10 atom stereocenters. The monoisotopic (exact) mass is 546 g/mol. The number of rotatable bonds is 9. The third-order valence-corrected chi connectivity index (χ3v) is 10.9. The second-order valence-corrected chi connectivity index (χ2v) is 13.6. The van der Waals surface area contributed by atoms with Crippen molar-refractivity contribution < 1.29 is 33.7 Å². The fourth-order valence-electron chi connectivity index (χ4n) is 9.14. The third-order valence-electron chi connectivity index (χ3n) is 10.9. The highest BCUT2D eigenvalue weighted by Gasteiger charge is 2.62. The minimum Gasteiger partial charge on any atom is -0.466 e. The van der Waals surface area contributed by atoms with Crippen LogP contribution in [0.25, 0.3) is 0 Å². The Bertz CT molecular complexity index is 956. The lowest BCUT2D eigenvalue weighted by Crippen LogP contribution is -2.51. The van der Waals surface area contributed by atoms with E-state index >= 15 is 0 Å². The summed E-state index contributed by atoms with van der Waals surface area (Å²) in [6, 6.07) is 0. The average molecular weight is 547 g/mol. The van der Waals surface area contributed by atoms with Gasteiger partial charge < -0.3 is 19.3 Å². The minimum absolute atomic E-state index is 0.00762. The van der Waals surface area contributed by atoms with Gasteiger partial charge in [0.2, 0.25) is 0 Å². The first-order valence-electron chi connectivity index (χ1n) is 15.2. The molecule has 3 saturated carbocycles. The van der Waals surface area contributed by atoms with Gasteiger partial charge in [0.15, 0.2) is 0 Å². The van der Waals surface area contributed by atoms with Crippen LogP contribution in [0.2, 0.25) is 0 Å². The third kappa shape index (κ3) is 6.23. The molecule has 0 aromatic heterocycles. The van der Waals surface area contributed by atoms with E-state index in [1.807, 2.05) is 13.8 Å². The Morgan fingerprint density at radius 2 is 1.79 bits per heavy atom. The topological polar surface area (TPSA) is 99.1 Å². The van der Waals surface area contributed by atoms with Crippen molar-refractivity contribution in [3.8, 4) is 0 Å². The molecule has 0 saturated heterocycles. The van der Waals surface area contributed by atoms with Gasteiger partial charge in [-0.25, -0.2) is 0 Å². The van der Waals surface area contributed by atoms with E-state index in [0.29, 0.717) is 37.2 Å². The largest absolute Gasteiger partial charge is 0.466 e. The van der Waals surface area contributed by atoms with Gasteiger partial charge in [-0.1, -0.05) is 32.4 Å². The highest BCUT2D eigenvalue weighted by atomic mass is 16.5. The van der Waals surface area contributed by atoms with Crippen LogP contribution in [0.1, 0.15) is 106 Å². The van der Waals surface area contributed by atoms with Gasteiger partial charge in [0.05, 0.1) is 12.7 Å². The fourth-order valence-corrected chi connectivity index (χ4v) is 9.14. The second kappa shape index (κ2) is 11.9. The van der Waals surface area contributed by atoms with Crippen molar-refractivity contribution in [1.82, 2.24) is 0 Å². The predicted molar refractivity (Wildman–Crippen MR) is 147 cm³/mol. The number of aliphatic hydroxyl groups excluding tert-OH is 1. The van der Waals surface area contributed by atoms with Crippen LogP contribution in [-0.4, -0.2) is 47.9 Å². The molecule has 6 unspecified atom stereocenters. The van der Waals surface area contributed by atoms with Crippen molar-refractivity contribution in [2.24, 2.45) is 40.4 Å². The molecule has 7 heteroatoms. The molecule has 0 heterocycles. The van der Waals surface area contributed by atoms with Gasteiger partial charge in [-0.15, -0.1) is 0 Å². The van der Waals surface area contributed by atoms with Crippen LogP contribution >= 0.6 is 0 Å². The maximum absolute atomic E-state index is 12.9. The summed E-state index contributed by atoms with van der Waals surface area (Å²) in [5, 5.41) is 10.9. The Hall–Kier alpha value is -1.89. The van der Waals surface area contributed by atoms with Crippen LogP contribution < -0.4 is 0 Å². The molecule has 4 aliphatic carbocycles. The summed E-state index contributed by atoms with van der Waals surface area (Å²) in [5.41, 5.74) is 1.52. The van der Waals surface area contributed by atoms with Gasteiger partial charge in [0.1, 0.15) is 12.2 Å². The molecule has 0 amide bonds. The first-order valence-corrected chi connectivity index (χ1v) is 15.2. The van der Waals surface area contributed by atoms with Crippen molar-refractivity contribution in [2.75, 3.05) is 6.61 Å². The normalized spacial score (nSPS) is 38.8. The van der Waals surface area contributed by atoms with Crippen LogP contribution in [0.5, 0.6) is 0 Å². The summed E-state index contributed by atoms with van der Waals surface area (Å²) in [6.07, 6.45) is 10.2. The summed E-state index contributed by atoms with van der Waals surface area (Å²) in [7, 11) is 0. The zero-order chi connectivity index (χ0) is 28.5. The molecule has 0 aromatic rings. The Morgan fingerprint density at radius 1 is 1.05 bits per heavy atom. The van der Waals surface area contributed by atoms with Crippen molar-refractivity contribution >= 4 is 17.9 Å². The number of esters is 3. The number of allylic oxidation sites excluding steroid dienone is 1. The Balaban J connectivity index is 1.42. The van der Waals surface area contributed by atoms with Gasteiger partial charge in [0.25, 0.3) is 0 Å². The molecule has 4 rings (SSSR count). The van der Waals surface area contributed by atoms with E-state index in [2.05, 4.69) is 19.9 Å². The van der Waals surface area contributed by atoms with Crippen molar-refractivity contribution in [3.63, 3.8) is 0 Å². The maximum atomic E-state index is 12.9. The smallest absolute Gasteiger partial charge is 0.306 e. The highest BCUT2D eigenvalue weighted by molar-refractivity contribution is 5.69. The van der Waals surface area contributed by atoms with Gasteiger partial charge in [-0.3, -0.25) is 14.4 Å². The predicted octanol–water partition coefficient (Wildman–Crippen LogP) is 5.77. The number of hydrogen-bond donors (Lipinski definition) is 1. The zero-order valence-corrected chi connectivity index (χ0v) is 24.9. The number of aliphatic hydroxyl groups is 1. The van der Waals surface area contributed by atoms with Gasteiger partial charge in [0, 0.05) is 32.6 Å². The van der Waals surface area contributed by atoms with E-state index in [4.69, 9.17) is 14.2 Å². The van der Waals surface area contributed by atoms with E-state index in [1.165, 1.54) is 19.4 Å². The van der Waals surface area contributed by atoms with Crippen molar-refractivity contribution in [1.29, 1.82) is 0 Å². The number of carbonyl (C=O) groups is 3. The molecule has 0 aromatic carbocycles. The molecule has 0 bridgehead atoms. The van der Waals surface area contributed by atoms with Crippen molar-refractivity contribution in [3.05, 3.63) is 11.6 Å². The standard InChI is InChI=1S/C32H50O7/c1-19(18-37-21(3)34)8-7-9-29(36)39-28-17-27-25-11-10-23-16-24(38-22(4)35)12-14-31(23,5)26(25)13-15-32(27,6)30(28)20(2)33/h10,19-20,24-28,30,33H,7-9,11-18H2,1-6H3/t19-,20?,24-,25?,26?,27?,28?,30?,31-,32-/m0/s1. The summed E-state index contributed by atoms with van der Waals surface area (Å²) in [4.78, 5) is 35.5. The Morgan fingerprint density at radius 3 is 2.46 bits per heavy atom. The molecule has 7 nitrogen and oxygen atoms in total. The first-order chi connectivity index (χ1) is 18.3. The SMILES string of the molecule is CC(=O)OC[C@@H](C)CCCC(=O)OC1CC2C3CC=C4C[C@@H](OC(C)=O)CC[C@]4(C)C3CC[C@]2(C)C1C(C)O. The highest BCUT2D eigenvalue weighted by Crippen LogP contribution is 2.67. The first kappa shape index (κ1) is 30.1. The van der Waals surface area contributed by atoms with E-state index in [9.17, 15) is 19.5 Å². The molecule has 220 valence electrons. The van der Waals surface area contributed by atoms with E-state index in [0.717, 1.165) is 51.4 Å². The van der Waals surface area contributed by atoms with Crippen LogP contribution in [0.3, 0.4) is 0 Å². The quantitative estimate of drug-likeness (QED) is 0.223. The zero-order valence-electron chi connectivity index (χ0n) is 24.9. The molecule has 39 heavy (non-hydrogen) atoms. The molecular weight excluding hydrogens is 496 g/mol. The van der Waals surface area contributed by atoms with Crippen LogP contribution in [0.15, 0.2) is 11.6 Å². The van der Waals surface area contributed by atoms with Crippen LogP contribution in [0.4, 0.5) is 0 Å². The number of carbonyl (C=O) groups excluding carboxylic acids is 3. The molecule has 4 aliphatic rings. The summed E-state index contributed by atoms with van der Waals surface area (Å²) >= 11 is 0. The number of hydrogen-bond acceptors (Lipinski definition) is 7. The van der Waals surface area contributed by atoms with Gasteiger partial charge >= 0.3 is 17.9 Å². The summed E-state index contributed by atoms with van der Waals surface area (Å²) in [5.74, 6) is 0.950. The van der Waals surface area contributed by atoms with Crippen molar-refractivity contribution in [2.45, 2.75) is 124 Å². The molecule has 1 N–H and O–H groups in total. The Labute approximate surface area is 234 Å². The van der Waals surface area contributed by atoms with E-state index in [-0.39, 0.29) is 52.8 Å². The lowest BCUT2D eigenvalue weighted by atomic mass is 9.47. The molecule has 0 aliphatic heterocycles. The molecular formula is C32H50O7. The molecule has 0 radical (unpaired) electrons. The Kier molecular flexibility index (Phi) is 9.19. The average Bonchev–Trinajstić information content (AvgIpc) is 3.14. The van der Waals surface area contributed by atoms with Gasteiger partial charge in [-0.2, -0.15) is 0 Å². The van der Waals surface area contributed by atoms with E-state index < -0.39 is 6.10 Å². The fraction of sp³-hybridized carbons (Fsp3) is 0.844. The summed E-state index contributed by atoms with van der Waals surface area (Å²) in [6.45, 7) is 11.9. The van der Waals surface area contributed by atoms with Crippen LogP contribution in [-0.2, 0) is 28.6 Å². The lowest BCUT2D eigenvalue weighted by molar-refractivity contribution is -0.155. The summed E-state index contributed by atoms with van der Waals surface area (Å²) < 4.78 is 16.8. The lowest BCUT2D eigenvalue weighted by Gasteiger charge is -2.58. The minimum atomic E-state index is -0.539. The second-order valence-electron chi connectivity index (χ2n) is 13.6. The molecule has 0 spiro atoms. The number of fused-ring (bicyclic) bond motifs is 5. The maximum Gasteiger partial charge on any atom is 0.306 e. The number of ether oxygens (including phenoxy) is 3.